The molecule has 1 fully saturated rings. The van der Waals surface area contributed by atoms with E-state index in [1.54, 1.807) is 0 Å². The number of amides is 1. The Morgan fingerprint density at radius 2 is 2.14 bits per heavy atom. The second kappa shape index (κ2) is 2.58. The van der Waals surface area contributed by atoms with Crippen molar-refractivity contribution in [3.63, 3.8) is 0 Å². The van der Waals surface area contributed by atoms with Crippen LogP contribution in [0.5, 0.6) is 0 Å². The van der Waals surface area contributed by atoms with E-state index < -0.39 is 0 Å². The van der Waals surface area contributed by atoms with Crippen LogP contribution in [0.15, 0.2) is 24.3 Å². The van der Waals surface area contributed by atoms with E-state index in [0.717, 1.165) is 17.5 Å². The van der Waals surface area contributed by atoms with Gasteiger partial charge in [-0.1, -0.05) is 18.2 Å². The van der Waals surface area contributed by atoms with Gasteiger partial charge < -0.3 is 10.6 Å². The highest BCUT2D eigenvalue weighted by atomic mass is 16.2. The van der Waals surface area contributed by atoms with Crippen LogP contribution >= 0.6 is 0 Å². The third-order valence-electron chi connectivity index (χ3n) is 3.14. The van der Waals surface area contributed by atoms with Crippen molar-refractivity contribution >= 4 is 5.91 Å². The minimum Gasteiger partial charge on any atom is -0.330 e. The molecular weight excluding hydrogens is 176 g/mol. The molecule has 1 aromatic carbocycles. The second-order valence-electron chi connectivity index (χ2n) is 4.06. The van der Waals surface area contributed by atoms with E-state index in [-0.39, 0.29) is 18.0 Å². The lowest BCUT2D eigenvalue weighted by molar-refractivity contribution is 0.0774. The molecule has 0 aliphatic carbocycles. The molecule has 1 saturated heterocycles. The van der Waals surface area contributed by atoms with Crippen LogP contribution in [0.2, 0.25) is 0 Å². The molecule has 0 spiro atoms. The second-order valence-corrected chi connectivity index (χ2v) is 4.06. The number of hydrogen-bond donors (Lipinski definition) is 1. The lowest BCUT2D eigenvalue weighted by atomic mass is 10.0. The summed E-state index contributed by atoms with van der Waals surface area (Å²) in [6.45, 7) is 0.707. The quantitative estimate of drug-likeness (QED) is 0.658. The zero-order valence-corrected chi connectivity index (χ0v) is 7.81. The van der Waals surface area contributed by atoms with Crippen LogP contribution in [0.25, 0.3) is 0 Å². The van der Waals surface area contributed by atoms with E-state index in [4.69, 9.17) is 5.73 Å². The maximum atomic E-state index is 11.9. The van der Waals surface area contributed by atoms with Gasteiger partial charge in [0.1, 0.15) is 0 Å². The van der Waals surface area contributed by atoms with E-state index in [9.17, 15) is 4.79 Å². The number of fused-ring (bicyclic) bond motifs is 3. The predicted octanol–water partition coefficient (Wildman–Crippen LogP) is 0.914. The predicted molar refractivity (Wildman–Crippen MR) is 52.8 cm³/mol. The lowest BCUT2D eigenvalue weighted by Crippen LogP contribution is -2.29. The molecule has 2 unspecified atom stereocenters. The summed E-state index contributed by atoms with van der Waals surface area (Å²) in [7, 11) is 0. The molecule has 3 nitrogen and oxygen atoms in total. The van der Waals surface area contributed by atoms with E-state index >= 15 is 0 Å². The van der Waals surface area contributed by atoms with Gasteiger partial charge in [0.25, 0.3) is 5.91 Å². The van der Waals surface area contributed by atoms with Crippen LogP contribution in [0.3, 0.4) is 0 Å². The fourth-order valence-corrected chi connectivity index (χ4v) is 2.52. The summed E-state index contributed by atoms with van der Waals surface area (Å²) in [4.78, 5) is 13.8. The summed E-state index contributed by atoms with van der Waals surface area (Å²) < 4.78 is 0. The minimum absolute atomic E-state index is 0.150. The zero-order chi connectivity index (χ0) is 9.71. The van der Waals surface area contributed by atoms with Crippen molar-refractivity contribution in [3.05, 3.63) is 35.4 Å². The number of nitrogens with two attached hydrogens (primary N) is 1. The summed E-state index contributed by atoms with van der Waals surface area (Å²) in [5.41, 5.74) is 7.87. The van der Waals surface area contributed by atoms with Gasteiger partial charge in [0.15, 0.2) is 0 Å². The molecular formula is C11H12N2O. The van der Waals surface area contributed by atoms with Crippen molar-refractivity contribution in [1.29, 1.82) is 0 Å². The summed E-state index contributed by atoms with van der Waals surface area (Å²) in [6, 6.07) is 8.24. The highest BCUT2D eigenvalue weighted by Gasteiger charge is 2.42. The molecule has 14 heavy (non-hydrogen) atoms. The smallest absolute Gasteiger partial charge is 0.254 e. The minimum atomic E-state index is 0.150. The van der Waals surface area contributed by atoms with Crippen molar-refractivity contribution < 1.29 is 4.79 Å². The monoisotopic (exact) mass is 188 g/mol. The van der Waals surface area contributed by atoms with Crippen LogP contribution in [0, 0.1) is 0 Å². The van der Waals surface area contributed by atoms with E-state index in [1.807, 2.05) is 29.2 Å². The average molecular weight is 188 g/mol. The SMILES string of the molecule is NC1CC2c3ccccc3C(=O)N2C1. The van der Waals surface area contributed by atoms with E-state index in [0.29, 0.717) is 6.54 Å². The Morgan fingerprint density at radius 3 is 3.00 bits per heavy atom. The molecule has 0 aromatic heterocycles. The van der Waals surface area contributed by atoms with Gasteiger partial charge in [-0.2, -0.15) is 0 Å². The topological polar surface area (TPSA) is 46.3 Å². The highest BCUT2D eigenvalue weighted by Crippen LogP contribution is 2.40. The first-order valence-electron chi connectivity index (χ1n) is 4.93. The molecule has 2 aliphatic heterocycles. The molecule has 2 heterocycles. The van der Waals surface area contributed by atoms with Crippen LogP contribution < -0.4 is 5.73 Å². The lowest BCUT2D eigenvalue weighted by Gasteiger charge is -2.14. The first-order valence-corrected chi connectivity index (χ1v) is 4.93. The largest absolute Gasteiger partial charge is 0.330 e. The Bertz CT molecular complexity index is 402. The Balaban J connectivity index is 2.12. The van der Waals surface area contributed by atoms with Crippen molar-refractivity contribution in [2.75, 3.05) is 6.54 Å². The summed E-state index contributed by atoms with van der Waals surface area (Å²) in [6.07, 6.45) is 0.906. The number of carbonyl (C=O) groups is 1. The standard InChI is InChI=1S/C11H12N2O/c12-7-5-10-8-3-1-2-4-9(8)11(14)13(10)6-7/h1-4,7,10H,5-6,12H2. The Morgan fingerprint density at radius 1 is 1.36 bits per heavy atom. The Kier molecular flexibility index (Phi) is 1.47. The van der Waals surface area contributed by atoms with Crippen molar-refractivity contribution in [1.82, 2.24) is 4.90 Å². The molecule has 2 aliphatic rings. The third-order valence-corrected chi connectivity index (χ3v) is 3.14. The molecule has 2 atom stereocenters. The fraction of sp³-hybridized carbons (Fsp3) is 0.364. The van der Waals surface area contributed by atoms with Gasteiger partial charge in [-0.15, -0.1) is 0 Å². The van der Waals surface area contributed by atoms with Crippen molar-refractivity contribution in [3.8, 4) is 0 Å². The molecule has 0 bridgehead atoms. The summed E-state index contributed by atoms with van der Waals surface area (Å²) in [5.74, 6) is 0.151. The van der Waals surface area contributed by atoms with Gasteiger partial charge in [-0.05, 0) is 18.1 Å². The maximum absolute atomic E-state index is 11.9. The van der Waals surface area contributed by atoms with Crippen LogP contribution in [-0.4, -0.2) is 23.4 Å². The molecule has 3 rings (SSSR count). The number of hydrogen-bond acceptors (Lipinski definition) is 2. The summed E-state index contributed by atoms with van der Waals surface area (Å²) >= 11 is 0. The molecule has 0 radical (unpaired) electrons. The average Bonchev–Trinajstić information content (AvgIpc) is 2.68. The molecule has 1 amide bonds. The Hall–Kier alpha value is -1.35. The molecule has 72 valence electrons. The number of rotatable bonds is 0. The molecule has 1 aromatic rings. The molecule has 3 heteroatoms. The van der Waals surface area contributed by atoms with Gasteiger partial charge in [0.2, 0.25) is 0 Å². The highest BCUT2D eigenvalue weighted by molar-refractivity contribution is 5.99. The number of benzene rings is 1. The van der Waals surface area contributed by atoms with Gasteiger partial charge in [0.05, 0.1) is 6.04 Å². The number of carbonyl (C=O) groups excluding carboxylic acids is 1. The van der Waals surface area contributed by atoms with E-state index in [1.165, 1.54) is 0 Å². The molecule has 2 N–H and O–H groups in total. The van der Waals surface area contributed by atoms with Gasteiger partial charge in [-0.3, -0.25) is 4.79 Å². The maximum Gasteiger partial charge on any atom is 0.254 e. The summed E-state index contributed by atoms with van der Waals surface area (Å²) in [5, 5.41) is 0. The third kappa shape index (κ3) is 0.876. The normalized spacial score (nSPS) is 29.2. The van der Waals surface area contributed by atoms with Gasteiger partial charge in [0, 0.05) is 18.2 Å². The van der Waals surface area contributed by atoms with Crippen LogP contribution in [0.1, 0.15) is 28.4 Å². The van der Waals surface area contributed by atoms with Crippen molar-refractivity contribution in [2.45, 2.75) is 18.5 Å². The fourth-order valence-electron chi connectivity index (χ4n) is 2.52. The zero-order valence-electron chi connectivity index (χ0n) is 7.81. The first-order chi connectivity index (χ1) is 6.77. The van der Waals surface area contributed by atoms with Crippen LogP contribution in [-0.2, 0) is 0 Å². The molecule has 0 saturated carbocycles. The first kappa shape index (κ1) is 8.00. The Labute approximate surface area is 82.5 Å². The number of nitrogens with zero attached hydrogens (tertiary/aromatic N) is 1. The van der Waals surface area contributed by atoms with Gasteiger partial charge >= 0.3 is 0 Å². The van der Waals surface area contributed by atoms with Crippen LogP contribution in [0.4, 0.5) is 0 Å². The van der Waals surface area contributed by atoms with E-state index in [2.05, 4.69) is 0 Å². The van der Waals surface area contributed by atoms with Gasteiger partial charge in [-0.25, -0.2) is 0 Å². The van der Waals surface area contributed by atoms with Crippen molar-refractivity contribution in [2.24, 2.45) is 5.73 Å².